The van der Waals surface area contributed by atoms with Gasteiger partial charge in [0.05, 0.1) is 16.6 Å². The largest absolute Gasteiger partial charge is 0.495 e. The van der Waals surface area contributed by atoms with Crippen LogP contribution in [0.15, 0.2) is 41.0 Å². The number of halogens is 2. The Morgan fingerprint density at radius 2 is 2.23 bits per heavy atom. The first-order chi connectivity index (χ1) is 12.5. The van der Waals surface area contributed by atoms with Crippen LogP contribution in [0.3, 0.4) is 0 Å². The topological polar surface area (TPSA) is 54.5 Å². The van der Waals surface area contributed by atoms with Gasteiger partial charge in [-0.05, 0) is 66.0 Å². The second-order valence-corrected chi connectivity index (χ2v) is 7.67. The third-order valence-corrected chi connectivity index (χ3v) is 5.59. The summed E-state index contributed by atoms with van der Waals surface area (Å²) in [4.78, 5) is 19.4. The Labute approximate surface area is 166 Å². The van der Waals surface area contributed by atoms with E-state index in [0.29, 0.717) is 16.5 Å². The monoisotopic (exact) mass is 437 g/mol. The number of carbonyl (C=O) groups excluding carboxylic acids is 1. The van der Waals surface area contributed by atoms with Crippen LogP contribution in [0.4, 0.5) is 11.5 Å². The molecule has 1 saturated heterocycles. The van der Waals surface area contributed by atoms with Gasteiger partial charge in [-0.3, -0.25) is 4.79 Å². The molecule has 5 nitrogen and oxygen atoms in total. The van der Waals surface area contributed by atoms with Crippen LogP contribution in [-0.4, -0.2) is 30.6 Å². The maximum atomic E-state index is 12.7. The second kappa shape index (κ2) is 8.27. The minimum absolute atomic E-state index is 0.0258. The predicted molar refractivity (Wildman–Crippen MR) is 108 cm³/mol. The van der Waals surface area contributed by atoms with Crippen molar-refractivity contribution in [3.8, 4) is 5.75 Å². The molecule has 1 amide bonds. The molecule has 1 aliphatic rings. The van der Waals surface area contributed by atoms with E-state index in [0.717, 1.165) is 29.7 Å². The molecule has 0 radical (unpaired) electrons. The first-order valence-electron chi connectivity index (χ1n) is 8.51. The average molecular weight is 439 g/mol. The van der Waals surface area contributed by atoms with Crippen molar-refractivity contribution in [2.24, 2.45) is 5.92 Å². The van der Waals surface area contributed by atoms with Crippen molar-refractivity contribution in [3.63, 3.8) is 0 Å². The minimum atomic E-state index is -0.0374. The van der Waals surface area contributed by atoms with Gasteiger partial charge in [-0.15, -0.1) is 0 Å². The first kappa shape index (κ1) is 19.0. The molecular weight excluding hydrogens is 418 g/mol. The molecule has 2 atom stereocenters. The zero-order valence-corrected chi connectivity index (χ0v) is 17.0. The molecule has 1 aliphatic heterocycles. The molecule has 0 aliphatic carbocycles. The highest BCUT2D eigenvalue weighted by atomic mass is 79.9. The Kier molecular flexibility index (Phi) is 6.04. The number of hydrogen-bond acceptors (Lipinski definition) is 4. The highest BCUT2D eigenvalue weighted by Gasteiger charge is 2.31. The van der Waals surface area contributed by atoms with E-state index in [-0.39, 0.29) is 17.9 Å². The Morgan fingerprint density at radius 1 is 1.42 bits per heavy atom. The van der Waals surface area contributed by atoms with Gasteiger partial charge in [0.1, 0.15) is 11.6 Å². The van der Waals surface area contributed by atoms with E-state index in [1.165, 1.54) is 0 Å². The summed E-state index contributed by atoms with van der Waals surface area (Å²) in [6, 6.07) is 9.38. The van der Waals surface area contributed by atoms with Gasteiger partial charge in [0.15, 0.2) is 0 Å². The third kappa shape index (κ3) is 4.13. The Balaban J connectivity index is 1.64. The summed E-state index contributed by atoms with van der Waals surface area (Å²) in [5, 5.41) is 3.45. The molecule has 2 heterocycles. The van der Waals surface area contributed by atoms with E-state index in [1.807, 2.05) is 12.1 Å². The van der Waals surface area contributed by atoms with E-state index < -0.39 is 0 Å². The Morgan fingerprint density at radius 3 is 2.88 bits per heavy atom. The number of anilines is 2. The van der Waals surface area contributed by atoms with Gasteiger partial charge in [-0.25, -0.2) is 4.98 Å². The summed E-state index contributed by atoms with van der Waals surface area (Å²) in [7, 11) is 1.56. The number of ether oxygens (including phenoxy) is 1. The maximum Gasteiger partial charge on any atom is 0.227 e. The Hall–Kier alpha value is -1.79. The van der Waals surface area contributed by atoms with Crippen LogP contribution < -0.4 is 15.0 Å². The summed E-state index contributed by atoms with van der Waals surface area (Å²) in [5.41, 5.74) is 0.684. The van der Waals surface area contributed by atoms with Gasteiger partial charge in [0, 0.05) is 30.4 Å². The van der Waals surface area contributed by atoms with Gasteiger partial charge in [0.25, 0.3) is 0 Å². The molecule has 2 aromatic rings. The van der Waals surface area contributed by atoms with Gasteiger partial charge < -0.3 is 15.0 Å². The summed E-state index contributed by atoms with van der Waals surface area (Å²) >= 11 is 9.69. The normalized spacial score (nSPS) is 19.9. The van der Waals surface area contributed by atoms with Crippen molar-refractivity contribution >= 4 is 44.9 Å². The average Bonchev–Trinajstić information content (AvgIpc) is 2.62. The van der Waals surface area contributed by atoms with Crippen molar-refractivity contribution in [2.75, 3.05) is 23.9 Å². The minimum Gasteiger partial charge on any atom is -0.495 e. The van der Waals surface area contributed by atoms with Crippen molar-refractivity contribution in [2.45, 2.75) is 25.8 Å². The van der Waals surface area contributed by atoms with Crippen molar-refractivity contribution in [3.05, 3.63) is 46.0 Å². The number of aromatic nitrogens is 1. The molecule has 3 rings (SSSR count). The lowest BCUT2D eigenvalue weighted by Gasteiger charge is -2.38. The SMILES string of the molecule is COc1ccc(NC(=O)[C@@H]2CCN(c3ncccc3Br)[C@@H](C)C2)cc1Cl. The highest BCUT2D eigenvalue weighted by Crippen LogP contribution is 2.32. The fourth-order valence-electron chi connectivity index (χ4n) is 3.30. The van der Waals surface area contributed by atoms with Crippen LogP contribution in [0, 0.1) is 5.92 Å². The summed E-state index contributed by atoms with van der Waals surface area (Å²) in [6.45, 7) is 2.92. The van der Waals surface area contributed by atoms with Crippen LogP contribution in [0.25, 0.3) is 0 Å². The molecule has 0 saturated carbocycles. The van der Waals surface area contributed by atoms with Crippen LogP contribution in [0.1, 0.15) is 19.8 Å². The highest BCUT2D eigenvalue weighted by molar-refractivity contribution is 9.10. The molecule has 1 aromatic carbocycles. The van der Waals surface area contributed by atoms with Crippen molar-refractivity contribution in [1.29, 1.82) is 0 Å². The molecule has 0 unspecified atom stereocenters. The number of benzene rings is 1. The predicted octanol–water partition coefficient (Wildman–Crippen LogP) is 4.75. The molecule has 1 fully saturated rings. The summed E-state index contributed by atoms with van der Waals surface area (Å²) in [6.07, 6.45) is 3.35. The van der Waals surface area contributed by atoms with E-state index in [2.05, 4.69) is 38.1 Å². The molecule has 138 valence electrons. The molecule has 0 spiro atoms. The molecular formula is C19H21BrClN3O2. The second-order valence-electron chi connectivity index (χ2n) is 6.41. The van der Waals surface area contributed by atoms with E-state index >= 15 is 0 Å². The molecule has 1 N–H and O–H groups in total. The van der Waals surface area contributed by atoms with Crippen molar-refractivity contribution in [1.82, 2.24) is 4.98 Å². The lowest BCUT2D eigenvalue weighted by atomic mass is 9.90. The number of rotatable bonds is 4. The van der Waals surface area contributed by atoms with Gasteiger partial charge >= 0.3 is 0 Å². The fourth-order valence-corrected chi connectivity index (χ4v) is 4.04. The Bertz CT molecular complexity index is 802. The number of nitrogens with zero attached hydrogens (tertiary/aromatic N) is 2. The van der Waals surface area contributed by atoms with Crippen LogP contribution in [0.5, 0.6) is 5.75 Å². The summed E-state index contributed by atoms with van der Waals surface area (Å²) < 4.78 is 6.11. The van der Waals surface area contributed by atoms with E-state index in [9.17, 15) is 4.79 Å². The number of carbonyl (C=O) groups is 1. The molecule has 26 heavy (non-hydrogen) atoms. The molecule has 0 bridgehead atoms. The number of pyridine rings is 1. The van der Waals surface area contributed by atoms with Crippen LogP contribution in [0.2, 0.25) is 5.02 Å². The zero-order chi connectivity index (χ0) is 18.7. The molecule has 1 aromatic heterocycles. The quantitative estimate of drug-likeness (QED) is 0.748. The number of hydrogen-bond donors (Lipinski definition) is 1. The van der Waals surface area contributed by atoms with Crippen LogP contribution >= 0.6 is 27.5 Å². The smallest absolute Gasteiger partial charge is 0.227 e. The zero-order valence-electron chi connectivity index (χ0n) is 14.7. The number of nitrogens with one attached hydrogen (secondary N) is 1. The number of amides is 1. The van der Waals surface area contributed by atoms with Crippen molar-refractivity contribution < 1.29 is 9.53 Å². The number of piperidine rings is 1. The molecule has 7 heteroatoms. The van der Waals surface area contributed by atoms with Gasteiger partial charge in [-0.2, -0.15) is 0 Å². The lowest BCUT2D eigenvalue weighted by molar-refractivity contribution is -0.120. The van der Waals surface area contributed by atoms with Crippen LogP contribution in [-0.2, 0) is 4.79 Å². The van der Waals surface area contributed by atoms with Gasteiger partial charge in [-0.1, -0.05) is 11.6 Å². The lowest BCUT2D eigenvalue weighted by Crippen LogP contribution is -2.44. The third-order valence-electron chi connectivity index (χ3n) is 4.68. The number of methoxy groups -OCH3 is 1. The maximum absolute atomic E-state index is 12.7. The van der Waals surface area contributed by atoms with E-state index in [1.54, 1.807) is 31.5 Å². The standard InChI is InChI=1S/C19H21BrClN3O2/c1-12-10-13(7-9-24(12)18-15(20)4-3-8-22-18)19(25)23-14-5-6-17(26-2)16(21)11-14/h3-6,8,11-13H,7,9-10H2,1-2H3,(H,23,25)/t12-,13+/m0/s1. The van der Waals surface area contributed by atoms with E-state index in [4.69, 9.17) is 16.3 Å². The van der Waals surface area contributed by atoms with Gasteiger partial charge in [0.2, 0.25) is 5.91 Å². The summed E-state index contributed by atoms with van der Waals surface area (Å²) in [5.74, 6) is 1.51. The first-order valence-corrected chi connectivity index (χ1v) is 9.68. The fraction of sp³-hybridized carbons (Fsp3) is 0.368.